The summed E-state index contributed by atoms with van der Waals surface area (Å²) < 4.78 is 84.3. The lowest BCUT2D eigenvalue weighted by Gasteiger charge is -2.13. The van der Waals surface area contributed by atoms with E-state index in [1.54, 1.807) is 18.2 Å². The van der Waals surface area contributed by atoms with Gasteiger partial charge >= 0.3 is 6.36 Å². The monoisotopic (exact) mass is 516 g/mol. The molecule has 4 aromatic carbocycles. The average Bonchev–Trinajstić information content (AvgIpc) is 2.86. The van der Waals surface area contributed by atoms with Gasteiger partial charge in [0.25, 0.3) is 0 Å². The fraction of sp³-hybridized carbons (Fsp3) is 0.267. The lowest BCUT2D eigenvalue weighted by Crippen LogP contribution is -2.19. The van der Waals surface area contributed by atoms with Crippen LogP contribution in [-0.2, 0) is 6.42 Å². The van der Waals surface area contributed by atoms with Crippen molar-refractivity contribution in [3.8, 4) is 28.0 Å². The molecule has 0 radical (unpaired) electrons. The molecule has 1 nitrogen and oxygen atoms in total. The molecule has 0 aliphatic rings. The first-order chi connectivity index (χ1) is 17.7. The topological polar surface area (TPSA) is 9.23 Å². The molecule has 0 unspecified atom stereocenters. The van der Waals surface area contributed by atoms with Crippen LogP contribution in [0.3, 0.4) is 0 Å². The highest BCUT2D eigenvalue weighted by atomic mass is 19.4. The van der Waals surface area contributed by atoms with Crippen LogP contribution in [0.25, 0.3) is 33.0 Å². The third kappa shape index (κ3) is 6.45. The van der Waals surface area contributed by atoms with Gasteiger partial charge in [-0.2, -0.15) is 0 Å². The molecule has 0 spiro atoms. The molecule has 0 saturated carbocycles. The summed E-state index contributed by atoms with van der Waals surface area (Å²) in [4.78, 5) is 0. The summed E-state index contributed by atoms with van der Waals surface area (Å²) in [5, 5.41) is 0.804. The maximum absolute atomic E-state index is 15.3. The molecule has 0 aliphatic carbocycles. The van der Waals surface area contributed by atoms with Crippen LogP contribution in [0.2, 0.25) is 0 Å². The summed E-state index contributed by atoms with van der Waals surface area (Å²) in [7, 11) is 0. The molecule has 4 aromatic rings. The quantitative estimate of drug-likeness (QED) is 0.159. The van der Waals surface area contributed by atoms with E-state index >= 15 is 4.39 Å². The molecular weight excluding hydrogens is 490 g/mol. The molecule has 7 heteroatoms. The molecule has 37 heavy (non-hydrogen) atoms. The van der Waals surface area contributed by atoms with Gasteiger partial charge in [-0.05, 0) is 58.7 Å². The zero-order chi connectivity index (χ0) is 26.6. The van der Waals surface area contributed by atoms with Crippen molar-refractivity contribution in [2.24, 2.45) is 0 Å². The Morgan fingerprint density at radius 2 is 1.32 bits per heavy atom. The Labute approximate surface area is 211 Å². The first-order valence-electron chi connectivity index (χ1n) is 12.2. The van der Waals surface area contributed by atoms with Crippen LogP contribution >= 0.6 is 0 Å². The Bertz CT molecular complexity index is 1350. The number of benzene rings is 4. The van der Waals surface area contributed by atoms with Crippen molar-refractivity contribution in [2.75, 3.05) is 0 Å². The van der Waals surface area contributed by atoms with Crippen molar-refractivity contribution < 1.29 is 31.1 Å². The van der Waals surface area contributed by atoms with E-state index in [4.69, 9.17) is 0 Å². The second kappa shape index (κ2) is 11.3. The number of alkyl halides is 3. The predicted octanol–water partition coefficient (Wildman–Crippen LogP) is 10.0. The number of hydrogen-bond acceptors (Lipinski definition) is 1. The van der Waals surface area contributed by atoms with Gasteiger partial charge in [-0.15, -0.1) is 13.2 Å². The zero-order valence-electron chi connectivity index (χ0n) is 20.3. The fourth-order valence-electron chi connectivity index (χ4n) is 4.42. The van der Waals surface area contributed by atoms with Gasteiger partial charge in [0.05, 0.1) is 0 Å². The molecule has 0 amide bonds. The highest BCUT2D eigenvalue weighted by Crippen LogP contribution is 2.36. The van der Waals surface area contributed by atoms with E-state index in [2.05, 4.69) is 23.8 Å². The van der Waals surface area contributed by atoms with Gasteiger partial charge < -0.3 is 4.74 Å². The van der Waals surface area contributed by atoms with Crippen molar-refractivity contribution >= 4 is 10.8 Å². The predicted molar refractivity (Wildman–Crippen MR) is 134 cm³/mol. The van der Waals surface area contributed by atoms with Crippen molar-refractivity contribution in [1.29, 1.82) is 0 Å². The van der Waals surface area contributed by atoms with Crippen LogP contribution in [0, 0.1) is 17.5 Å². The number of aryl methyl sites for hydroxylation is 1. The van der Waals surface area contributed by atoms with Crippen LogP contribution in [0.4, 0.5) is 26.3 Å². The minimum Gasteiger partial charge on any atom is -0.399 e. The minimum atomic E-state index is -5.26. The first-order valence-corrected chi connectivity index (χ1v) is 12.2. The SMILES string of the molecule is CCCCCCCc1ccc(-c2ccc3c(F)c(-c4cc(F)c(OC(F)(F)F)c(F)c4)ccc3c2)cc1. The van der Waals surface area contributed by atoms with Crippen molar-refractivity contribution in [3.05, 3.63) is 89.7 Å². The van der Waals surface area contributed by atoms with Gasteiger partial charge in [0.2, 0.25) is 5.75 Å². The van der Waals surface area contributed by atoms with Gasteiger partial charge in [0.15, 0.2) is 11.6 Å². The van der Waals surface area contributed by atoms with E-state index in [0.717, 1.165) is 24.0 Å². The van der Waals surface area contributed by atoms with E-state index in [-0.39, 0.29) is 16.5 Å². The number of halogens is 6. The van der Waals surface area contributed by atoms with E-state index < -0.39 is 29.6 Å². The molecular formula is C30H26F6O. The van der Waals surface area contributed by atoms with Crippen LogP contribution < -0.4 is 4.74 Å². The molecule has 0 N–H and O–H groups in total. The molecule has 0 bridgehead atoms. The number of unbranched alkanes of at least 4 members (excludes halogenated alkanes) is 4. The third-order valence-corrected chi connectivity index (χ3v) is 6.34. The van der Waals surface area contributed by atoms with Crippen LogP contribution in [-0.4, -0.2) is 6.36 Å². The lowest BCUT2D eigenvalue weighted by atomic mass is 9.96. The molecule has 0 saturated heterocycles. The third-order valence-electron chi connectivity index (χ3n) is 6.34. The van der Waals surface area contributed by atoms with Gasteiger partial charge in [0, 0.05) is 10.9 Å². The van der Waals surface area contributed by atoms with Crippen LogP contribution in [0.5, 0.6) is 5.75 Å². The standard InChI is InChI=1S/C30H26F6O/c1-2-3-4-5-6-7-19-8-10-20(11-9-19)21-12-14-24-22(16-21)13-15-25(28(24)33)23-17-26(31)29(27(32)18-23)37-30(34,35)36/h8-18H,2-7H2,1H3. The molecule has 0 aromatic heterocycles. The van der Waals surface area contributed by atoms with Gasteiger partial charge in [-0.25, -0.2) is 13.2 Å². The van der Waals surface area contributed by atoms with Crippen LogP contribution in [0.1, 0.15) is 44.6 Å². The van der Waals surface area contributed by atoms with E-state index in [9.17, 15) is 22.0 Å². The largest absolute Gasteiger partial charge is 0.573 e. The summed E-state index contributed by atoms with van der Waals surface area (Å²) in [5.74, 6) is -5.46. The maximum atomic E-state index is 15.3. The number of fused-ring (bicyclic) bond motifs is 1. The Hall–Kier alpha value is -3.48. The van der Waals surface area contributed by atoms with E-state index in [1.807, 2.05) is 18.2 Å². The minimum absolute atomic E-state index is 0.139. The Morgan fingerprint density at radius 1 is 0.676 bits per heavy atom. The molecule has 0 fully saturated rings. The van der Waals surface area contributed by atoms with Crippen molar-refractivity contribution in [1.82, 2.24) is 0 Å². The van der Waals surface area contributed by atoms with Crippen molar-refractivity contribution in [2.45, 2.75) is 51.8 Å². The number of rotatable bonds is 9. The van der Waals surface area contributed by atoms with E-state index in [0.29, 0.717) is 17.5 Å². The van der Waals surface area contributed by atoms with Gasteiger partial charge in [0.1, 0.15) is 5.82 Å². The summed E-state index contributed by atoms with van der Waals surface area (Å²) in [6.07, 6.45) is 1.88. The Kier molecular flexibility index (Phi) is 8.10. The molecule has 0 atom stereocenters. The fourth-order valence-corrected chi connectivity index (χ4v) is 4.42. The normalized spacial score (nSPS) is 11.8. The smallest absolute Gasteiger partial charge is 0.399 e. The second-order valence-electron chi connectivity index (χ2n) is 9.04. The summed E-state index contributed by atoms with van der Waals surface area (Å²) in [5.41, 5.74) is 2.76. The molecule has 0 heterocycles. The maximum Gasteiger partial charge on any atom is 0.573 e. The van der Waals surface area contributed by atoms with Gasteiger partial charge in [-0.1, -0.05) is 81.1 Å². The molecule has 4 rings (SSSR count). The van der Waals surface area contributed by atoms with Gasteiger partial charge in [-0.3, -0.25) is 0 Å². The lowest BCUT2D eigenvalue weighted by molar-refractivity contribution is -0.276. The Balaban J connectivity index is 1.56. The zero-order valence-corrected chi connectivity index (χ0v) is 20.3. The molecule has 0 aliphatic heterocycles. The summed E-state index contributed by atoms with van der Waals surface area (Å²) in [6, 6.07) is 17.6. The Morgan fingerprint density at radius 3 is 1.97 bits per heavy atom. The van der Waals surface area contributed by atoms with Crippen LogP contribution in [0.15, 0.2) is 66.7 Å². The first kappa shape index (κ1) is 26.6. The highest BCUT2D eigenvalue weighted by Gasteiger charge is 2.34. The summed E-state index contributed by atoms with van der Waals surface area (Å²) in [6.45, 7) is 2.19. The number of ether oxygens (including phenoxy) is 1. The van der Waals surface area contributed by atoms with Crippen molar-refractivity contribution in [3.63, 3.8) is 0 Å². The molecule has 194 valence electrons. The number of hydrogen-bond donors (Lipinski definition) is 0. The second-order valence-corrected chi connectivity index (χ2v) is 9.04. The van der Waals surface area contributed by atoms with E-state index in [1.165, 1.54) is 37.3 Å². The summed E-state index contributed by atoms with van der Waals surface area (Å²) >= 11 is 0. The average molecular weight is 517 g/mol. The highest BCUT2D eigenvalue weighted by molar-refractivity contribution is 5.91.